The molecule has 0 bridgehead atoms. The molecule has 2 atom stereocenters. The minimum Gasteiger partial charge on any atom is -0.497 e. The van der Waals surface area contributed by atoms with Gasteiger partial charge < -0.3 is 19.5 Å². The number of benzene rings is 1. The number of likely N-dealkylation sites (tertiary alicyclic amines) is 1. The first-order valence-electron chi connectivity index (χ1n) is 6.70. The van der Waals surface area contributed by atoms with Crippen LogP contribution in [0.4, 0.5) is 0 Å². The normalized spacial score (nSPS) is 21.5. The number of carbonyl (C=O) groups excluding carboxylic acids is 1. The van der Waals surface area contributed by atoms with Gasteiger partial charge >= 0.3 is 5.97 Å². The number of amides is 1. The van der Waals surface area contributed by atoms with Gasteiger partial charge in [-0.15, -0.1) is 0 Å². The lowest BCUT2D eigenvalue weighted by molar-refractivity contribution is -0.148. The molecule has 6 nitrogen and oxygen atoms in total. The van der Waals surface area contributed by atoms with Gasteiger partial charge in [-0.05, 0) is 18.1 Å². The van der Waals surface area contributed by atoms with Gasteiger partial charge in [0.1, 0.15) is 17.4 Å². The number of rotatable bonds is 5. The molecule has 0 radical (unpaired) electrons. The van der Waals surface area contributed by atoms with E-state index in [0.29, 0.717) is 24.6 Å². The molecule has 1 heterocycles. The molecule has 1 aromatic rings. The molecule has 0 spiro atoms. The van der Waals surface area contributed by atoms with Gasteiger partial charge in [0.2, 0.25) is 5.91 Å². The van der Waals surface area contributed by atoms with Crippen molar-refractivity contribution in [1.29, 1.82) is 0 Å². The predicted octanol–water partition coefficient (Wildman–Crippen LogP) is 1.38. The zero-order valence-electron chi connectivity index (χ0n) is 12.3. The van der Waals surface area contributed by atoms with Crippen molar-refractivity contribution in [1.82, 2.24) is 4.90 Å². The van der Waals surface area contributed by atoms with Crippen LogP contribution in [-0.4, -0.2) is 42.6 Å². The van der Waals surface area contributed by atoms with Crippen LogP contribution in [0.15, 0.2) is 18.2 Å². The Labute approximate surface area is 123 Å². The van der Waals surface area contributed by atoms with Crippen LogP contribution in [0.3, 0.4) is 0 Å². The summed E-state index contributed by atoms with van der Waals surface area (Å²) in [5.74, 6) is -1.26. The van der Waals surface area contributed by atoms with E-state index >= 15 is 0 Å². The number of carboxylic acids is 1. The maximum atomic E-state index is 12.2. The lowest BCUT2D eigenvalue weighted by Crippen LogP contribution is -2.30. The predicted molar refractivity (Wildman–Crippen MR) is 75.3 cm³/mol. The summed E-state index contributed by atoms with van der Waals surface area (Å²) >= 11 is 0. The Kier molecular flexibility index (Phi) is 4.35. The highest BCUT2D eigenvalue weighted by Gasteiger charge is 2.42. The standard InChI is InChI=1S/C15H19NO5/c1-9-7-16(14(17)13(9)15(18)19)8-10-4-5-11(20-2)6-12(10)21-3/h4-6,9,13H,7-8H2,1-3H3,(H,18,19)/t9-,13+/m1/s1. The number of methoxy groups -OCH3 is 2. The first-order valence-corrected chi connectivity index (χ1v) is 6.70. The quantitative estimate of drug-likeness (QED) is 0.830. The summed E-state index contributed by atoms with van der Waals surface area (Å²) in [6.07, 6.45) is 0. The number of carbonyl (C=O) groups is 2. The maximum Gasteiger partial charge on any atom is 0.316 e. The van der Waals surface area contributed by atoms with Crippen LogP contribution in [0.2, 0.25) is 0 Å². The molecule has 1 amide bonds. The third-order valence-corrected chi connectivity index (χ3v) is 3.78. The summed E-state index contributed by atoms with van der Waals surface area (Å²) in [6, 6.07) is 5.36. The summed E-state index contributed by atoms with van der Waals surface area (Å²) in [4.78, 5) is 24.9. The maximum absolute atomic E-state index is 12.2. The molecule has 1 saturated heterocycles. The van der Waals surface area contributed by atoms with E-state index < -0.39 is 11.9 Å². The van der Waals surface area contributed by atoms with Crippen LogP contribution >= 0.6 is 0 Å². The lowest BCUT2D eigenvalue weighted by Gasteiger charge is -2.18. The number of hydrogen-bond acceptors (Lipinski definition) is 4. The number of carboxylic acid groups (broad SMARTS) is 1. The van der Waals surface area contributed by atoms with E-state index in [1.807, 2.05) is 6.07 Å². The van der Waals surface area contributed by atoms with Crippen molar-refractivity contribution in [2.45, 2.75) is 13.5 Å². The van der Waals surface area contributed by atoms with Gasteiger partial charge in [-0.3, -0.25) is 9.59 Å². The zero-order valence-corrected chi connectivity index (χ0v) is 12.3. The largest absolute Gasteiger partial charge is 0.497 e. The van der Waals surface area contributed by atoms with Gasteiger partial charge in [-0.25, -0.2) is 0 Å². The van der Waals surface area contributed by atoms with Gasteiger partial charge in [0.25, 0.3) is 0 Å². The molecule has 2 rings (SSSR count). The molecule has 1 aliphatic heterocycles. The van der Waals surface area contributed by atoms with Crippen molar-refractivity contribution < 1.29 is 24.2 Å². The van der Waals surface area contributed by atoms with Crippen LogP contribution in [0.25, 0.3) is 0 Å². The smallest absolute Gasteiger partial charge is 0.316 e. The van der Waals surface area contributed by atoms with Gasteiger partial charge in [0, 0.05) is 24.7 Å². The van der Waals surface area contributed by atoms with Crippen LogP contribution < -0.4 is 9.47 Å². The molecule has 1 fully saturated rings. The summed E-state index contributed by atoms with van der Waals surface area (Å²) in [5, 5.41) is 9.12. The van der Waals surface area contributed by atoms with E-state index in [9.17, 15) is 9.59 Å². The van der Waals surface area contributed by atoms with Crippen LogP contribution in [0.5, 0.6) is 11.5 Å². The summed E-state index contributed by atoms with van der Waals surface area (Å²) < 4.78 is 10.4. The average Bonchev–Trinajstić information content (AvgIpc) is 2.73. The fourth-order valence-corrected chi connectivity index (χ4v) is 2.66. The molecule has 114 valence electrons. The molecule has 0 saturated carbocycles. The highest BCUT2D eigenvalue weighted by Crippen LogP contribution is 2.30. The van der Waals surface area contributed by atoms with Gasteiger partial charge in [-0.2, -0.15) is 0 Å². The van der Waals surface area contributed by atoms with Crippen molar-refractivity contribution in [3.8, 4) is 11.5 Å². The molecule has 1 aromatic carbocycles. The average molecular weight is 293 g/mol. The van der Waals surface area contributed by atoms with E-state index in [1.165, 1.54) is 0 Å². The topological polar surface area (TPSA) is 76.1 Å². The zero-order chi connectivity index (χ0) is 15.6. The molecule has 1 N–H and O–H groups in total. The number of aliphatic carboxylic acids is 1. The summed E-state index contributed by atoms with van der Waals surface area (Å²) in [6.45, 7) is 2.55. The van der Waals surface area contributed by atoms with Crippen molar-refractivity contribution in [2.24, 2.45) is 11.8 Å². The van der Waals surface area contributed by atoms with E-state index in [4.69, 9.17) is 14.6 Å². The van der Waals surface area contributed by atoms with E-state index in [2.05, 4.69) is 0 Å². The van der Waals surface area contributed by atoms with Crippen molar-refractivity contribution in [3.05, 3.63) is 23.8 Å². The molecule has 6 heteroatoms. The number of ether oxygens (including phenoxy) is 2. The second-order valence-electron chi connectivity index (χ2n) is 5.19. The number of nitrogens with zero attached hydrogens (tertiary/aromatic N) is 1. The fraction of sp³-hybridized carbons (Fsp3) is 0.467. The second kappa shape index (κ2) is 6.03. The third kappa shape index (κ3) is 2.94. The van der Waals surface area contributed by atoms with Crippen LogP contribution in [-0.2, 0) is 16.1 Å². The second-order valence-corrected chi connectivity index (χ2v) is 5.19. The molecule has 1 aliphatic rings. The highest BCUT2D eigenvalue weighted by atomic mass is 16.5. The minimum atomic E-state index is -1.06. The van der Waals surface area contributed by atoms with Crippen molar-refractivity contribution in [2.75, 3.05) is 20.8 Å². The summed E-state index contributed by atoms with van der Waals surface area (Å²) in [5.41, 5.74) is 0.824. The minimum absolute atomic E-state index is 0.195. The summed E-state index contributed by atoms with van der Waals surface area (Å²) in [7, 11) is 3.12. The molecular formula is C15H19NO5. The molecule has 0 aromatic heterocycles. The molecule has 21 heavy (non-hydrogen) atoms. The lowest BCUT2D eigenvalue weighted by atomic mass is 9.98. The number of hydrogen-bond donors (Lipinski definition) is 1. The Morgan fingerprint density at radius 1 is 1.38 bits per heavy atom. The van der Waals surface area contributed by atoms with Crippen molar-refractivity contribution >= 4 is 11.9 Å². The Morgan fingerprint density at radius 3 is 2.62 bits per heavy atom. The Balaban J connectivity index is 2.19. The van der Waals surface area contributed by atoms with Gasteiger partial charge in [0.05, 0.1) is 14.2 Å². The monoisotopic (exact) mass is 293 g/mol. The van der Waals surface area contributed by atoms with E-state index in [-0.39, 0.29) is 11.8 Å². The van der Waals surface area contributed by atoms with E-state index in [1.54, 1.807) is 38.2 Å². The van der Waals surface area contributed by atoms with Gasteiger partial charge in [-0.1, -0.05) is 6.92 Å². The fourth-order valence-electron chi connectivity index (χ4n) is 2.66. The Morgan fingerprint density at radius 2 is 2.10 bits per heavy atom. The first kappa shape index (κ1) is 15.2. The highest BCUT2D eigenvalue weighted by molar-refractivity contribution is 5.98. The first-order chi connectivity index (χ1) is 9.97. The Hall–Kier alpha value is -2.24. The van der Waals surface area contributed by atoms with Crippen molar-refractivity contribution in [3.63, 3.8) is 0 Å². The van der Waals surface area contributed by atoms with Gasteiger partial charge in [0.15, 0.2) is 0 Å². The van der Waals surface area contributed by atoms with E-state index in [0.717, 1.165) is 5.56 Å². The molecule has 0 aliphatic carbocycles. The third-order valence-electron chi connectivity index (χ3n) is 3.78. The Bertz CT molecular complexity index is 557. The SMILES string of the molecule is COc1ccc(CN2C[C@@H](C)[C@H](C(=O)O)C2=O)c(OC)c1. The van der Waals surface area contributed by atoms with Crippen LogP contribution in [0, 0.1) is 11.8 Å². The molecular weight excluding hydrogens is 274 g/mol. The van der Waals surface area contributed by atoms with Crippen LogP contribution in [0.1, 0.15) is 12.5 Å². The molecule has 0 unspecified atom stereocenters.